The Hall–Kier alpha value is -1.73. The summed E-state index contributed by atoms with van der Waals surface area (Å²) >= 11 is 6.03. The molecule has 1 aromatic rings. The van der Waals surface area contributed by atoms with Crippen molar-refractivity contribution in [1.29, 1.82) is 5.26 Å². The third kappa shape index (κ3) is 3.89. The molecule has 1 aliphatic rings. The second kappa shape index (κ2) is 7.33. The van der Waals surface area contributed by atoms with Crippen LogP contribution in [0.4, 0.5) is 0 Å². The predicted molar refractivity (Wildman–Crippen MR) is 81.3 cm³/mol. The highest BCUT2D eigenvalue weighted by atomic mass is 35.5. The first-order valence-electron chi connectivity index (χ1n) is 7.27. The van der Waals surface area contributed by atoms with Crippen molar-refractivity contribution < 1.29 is 9.53 Å². The molecule has 4 nitrogen and oxygen atoms in total. The fraction of sp³-hybridized carbons (Fsp3) is 0.500. The molecule has 112 valence electrons. The lowest BCUT2D eigenvalue weighted by Crippen LogP contribution is -2.45. The van der Waals surface area contributed by atoms with E-state index < -0.39 is 0 Å². The van der Waals surface area contributed by atoms with Gasteiger partial charge in [0.2, 0.25) is 0 Å². The normalized spacial score (nSPS) is 18.1. The Labute approximate surface area is 130 Å². The van der Waals surface area contributed by atoms with Crippen LogP contribution in [0.15, 0.2) is 18.2 Å². The second-order valence-electron chi connectivity index (χ2n) is 5.19. The number of carbonyl (C=O) groups is 1. The number of carbonyl (C=O) groups excluding carboxylic acids is 1. The molecule has 2 rings (SSSR count). The van der Waals surface area contributed by atoms with E-state index in [1.165, 1.54) is 12.5 Å². The Kier molecular flexibility index (Phi) is 5.46. The molecule has 1 unspecified atom stereocenters. The van der Waals surface area contributed by atoms with Crippen LogP contribution < -0.4 is 4.74 Å². The molecule has 1 fully saturated rings. The summed E-state index contributed by atoms with van der Waals surface area (Å²) in [6.45, 7) is 2.90. The average Bonchev–Trinajstić information content (AvgIpc) is 2.53. The number of halogens is 1. The van der Waals surface area contributed by atoms with E-state index in [4.69, 9.17) is 21.6 Å². The monoisotopic (exact) mass is 306 g/mol. The van der Waals surface area contributed by atoms with Crippen LogP contribution >= 0.6 is 11.6 Å². The van der Waals surface area contributed by atoms with Crippen molar-refractivity contribution in [3.8, 4) is 11.8 Å². The van der Waals surface area contributed by atoms with Gasteiger partial charge in [-0.1, -0.05) is 18.5 Å². The van der Waals surface area contributed by atoms with Crippen molar-refractivity contribution in [2.75, 3.05) is 13.2 Å². The molecule has 1 saturated heterocycles. The van der Waals surface area contributed by atoms with Gasteiger partial charge in [-0.15, -0.1) is 0 Å². The molecule has 0 bridgehead atoms. The van der Waals surface area contributed by atoms with Gasteiger partial charge >= 0.3 is 0 Å². The molecule has 0 aromatic heterocycles. The van der Waals surface area contributed by atoms with Crippen LogP contribution in [-0.2, 0) is 4.79 Å². The highest BCUT2D eigenvalue weighted by Crippen LogP contribution is 2.26. The number of nitriles is 1. The number of ether oxygens (including phenoxy) is 1. The van der Waals surface area contributed by atoms with Gasteiger partial charge < -0.3 is 9.64 Å². The molecule has 5 heteroatoms. The van der Waals surface area contributed by atoms with Crippen molar-refractivity contribution in [3.05, 3.63) is 28.8 Å². The van der Waals surface area contributed by atoms with Gasteiger partial charge in [-0.3, -0.25) is 4.79 Å². The number of hydrogen-bond acceptors (Lipinski definition) is 3. The zero-order valence-electron chi connectivity index (χ0n) is 12.1. The first kappa shape index (κ1) is 15.7. The lowest BCUT2D eigenvalue weighted by Gasteiger charge is -2.35. The number of amides is 1. The lowest BCUT2D eigenvalue weighted by molar-refractivity contribution is -0.137. The van der Waals surface area contributed by atoms with Crippen LogP contribution in [0, 0.1) is 11.3 Å². The van der Waals surface area contributed by atoms with E-state index in [1.54, 1.807) is 12.1 Å². The van der Waals surface area contributed by atoms with Crippen LogP contribution in [-0.4, -0.2) is 30.0 Å². The minimum atomic E-state index is -0.0118. The quantitative estimate of drug-likeness (QED) is 0.857. The molecule has 1 amide bonds. The van der Waals surface area contributed by atoms with E-state index in [-0.39, 0.29) is 12.5 Å². The third-order valence-corrected chi connectivity index (χ3v) is 4.13. The zero-order chi connectivity index (χ0) is 15.2. The van der Waals surface area contributed by atoms with Gasteiger partial charge in [-0.2, -0.15) is 5.26 Å². The van der Waals surface area contributed by atoms with Crippen molar-refractivity contribution in [2.24, 2.45) is 0 Å². The van der Waals surface area contributed by atoms with Crippen LogP contribution in [0.1, 0.15) is 38.2 Å². The standard InChI is InChI=1S/C16H19ClN2O2/c1-2-13-5-3-4-8-19(13)16(20)11-21-15-7-6-12(10-18)9-14(15)17/h6-7,9,13H,2-5,8,11H2,1H3. The summed E-state index contributed by atoms with van der Waals surface area (Å²) in [5.74, 6) is 0.441. The Morgan fingerprint density at radius 2 is 2.33 bits per heavy atom. The summed E-state index contributed by atoms with van der Waals surface area (Å²) in [6.07, 6.45) is 4.29. The summed E-state index contributed by atoms with van der Waals surface area (Å²) < 4.78 is 5.51. The smallest absolute Gasteiger partial charge is 0.260 e. The third-order valence-electron chi connectivity index (χ3n) is 3.83. The highest BCUT2D eigenvalue weighted by Gasteiger charge is 2.25. The van der Waals surface area contributed by atoms with Crippen LogP contribution in [0.2, 0.25) is 5.02 Å². The number of piperidine rings is 1. The Morgan fingerprint density at radius 1 is 1.52 bits per heavy atom. The molecule has 1 atom stereocenters. The fourth-order valence-electron chi connectivity index (χ4n) is 2.66. The highest BCUT2D eigenvalue weighted by molar-refractivity contribution is 6.32. The summed E-state index contributed by atoms with van der Waals surface area (Å²) in [5, 5.41) is 9.14. The average molecular weight is 307 g/mol. The molecular formula is C16H19ClN2O2. The number of likely N-dealkylation sites (tertiary alicyclic amines) is 1. The van der Waals surface area contributed by atoms with Crippen LogP contribution in [0.3, 0.4) is 0 Å². The van der Waals surface area contributed by atoms with E-state index >= 15 is 0 Å². The van der Waals surface area contributed by atoms with Crippen molar-refractivity contribution in [1.82, 2.24) is 4.90 Å². The summed E-state index contributed by atoms with van der Waals surface area (Å²) in [5.41, 5.74) is 0.473. The van der Waals surface area contributed by atoms with E-state index in [9.17, 15) is 4.79 Å². The topological polar surface area (TPSA) is 53.3 Å². The maximum atomic E-state index is 12.3. The number of hydrogen-bond donors (Lipinski definition) is 0. The maximum absolute atomic E-state index is 12.3. The van der Waals surface area contributed by atoms with Gasteiger partial charge in [0.1, 0.15) is 5.75 Å². The van der Waals surface area contributed by atoms with Crippen molar-refractivity contribution in [2.45, 2.75) is 38.6 Å². The zero-order valence-corrected chi connectivity index (χ0v) is 12.9. The molecule has 1 heterocycles. The Morgan fingerprint density at radius 3 is 3.00 bits per heavy atom. The van der Waals surface area contributed by atoms with E-state index in [2.05, 4.69) is 6.92 Å². The van der Waals surface area contributed by atoms with Gasteiger partial charge in [-0.05, 0) is 43.9 Å². The number of rotatable bonds is 4. The van der Waals surface area contributed by atoms with Gasteiger partial charge in [-0.25, -0.2) is 0 Å². The van der Waals surface area contributed by atoms with E-state index in [0.717, 1.165) is 25.8 Å². The van der Waals surface area contributed by atoms with Crippen molar-refractivity contribution >= 4 is 17.5 Å². The molecule has 1 aromatic carbocycles. The maximum Gasteiger partial charge on any atom is 0.260 e. The molecule has 0 aliphatic carbocycles. The van der Waals surface area contributed by atoms with Crippen molar-refractivity contribution in [3.63, 3.8) is 0 Å². The summed E-state index contributed by atoms with van der Waals surface area (Å²) in [6, 6.07) is 7.13. The molecule has 0 radical (unpaired) electrons. The van der Waals surface area contributed by atoms with E-state index in [0.29, 0.717) is 22.4 Å². The fourth-order valence-corrected chi connectivity index (χ4v) is 2.90. The molecular weight excluding hydrogens is 288 g/mol. The minimum absolute atomic E-state index is 0.00183. The molecule has 0 N–H and O–H groups in total. The van der Waals surface area contributed by atoms with Gasteiger partial charge in [0.15, 0.2) is 6.61 Å². The molecule has 0 saturated carbocycles. The minimum Gasteiger partial charge on any atom is -0.482 e. The van der Waals surface area contributed by atoms with Gasteiger partial charge in [0.05, 0.1) is 16.7 Å². The first-order chi connectivity index (χ1) is 10.2. The lowest BCUT2D eigenvalue weighted by atomic mass is 10.00. The number of benzene rings is 1. The first-order valence-corrected chi connectivity index (χ1v) is 7.65. The second-order valence-corrected chi connectivity index (χ2v) is 5.60. The van der Waals surface area contributed by atoms with Gasteiger partial charge in [0, 0.05) is 12.6 Å². The molecule has 0 spiro atoms. The van der Waals surface area contributed by atoms with Crippen LogP contribution in [0.25, 0.3) is 0 Å². The SMILES string of the molecule is CCC1CCCCN1C(=O)COc1ccc(C#N)cc1Cl. The predicted octanol–water partition coefficient (Wildman–Crippen LogP) is 3.38. The molecule has 1 aliphatic heterocycles. The number of nitrogens with zero attached hydrogens (tertiary/aromatic N) is 2. The Balaban J connectivity index is 1.96. The largest absolute Gasteiger partial charge is 0.482 e. The van der Waals surface area contributed by atoms with E-state index in [1.807, 2.05) is 11.0 Å². The van der Waals surface area contributed by atoms with Gasteiger partial charge in [0.25, 0.3) is 5.91 Å². The van der Waals surface area contributed by atoms with Crippen LogP contribution in [0.5, 0.6) is 5.75 Å². The Bertz CT molecular complexity index is 554. The summed E-state index contributed by atoms with van der Waals surface area (Å²) in [7, 11) is 0. The summed E-state index contributed by atoms with van der Waals surface area (Å²) in [4.78, 5) is 14.2. The molecule has 21 heavy (non-hydrogen) atoms.